The van der Waals surface area contributed by atoms with Crippen molar-refractivity contribution in [2.45, 2.75) is 49.1 Å². The number of fused-ring (bicyclic) bond motifs is 1. The van der Waals surface area contributed by atoms with Gasteiger partial charge < -0.3 is 41.6 Å². The third-order valence-electron chi connectivity index (χ3n) is 8.42. The second kappa shape index (κ2) is 16.5. The summed E-state index contributed by atoms with van der Waals surface area (Å²) >= 11 is 15.4. The Labute approximate surface area is 321 Å². The first-order valence-electron chi connectivity index (χ1n) is 15.5. The number of carbonyl (C=O) groups is 5. The SMILES string of the molecule is Nc1nc(/C(=N/OC(C(=O)O)C2CCC(F)(F)CC2)C(=O)N[C@@H]2C(=O)N3C(C(=O)O)=C(CSCCNC(=O)c4ccc(O)c(O)c4Cl)CS[C@H]23)c(Cl)s1. The van der Waals surface area contributed by atoms with Crippen LogP contribution in [0.25, 0.3) is 0 Å². The third kappa shape index (κ3) is 8.85. The van der Waals surface area contributed by atoms with Crippen LogP contribution in [-0.4, -0.2) is 113 Å². The van der Waals surface area contributed by atoms with Crippen molar-refractivity contribution >= 4 is 98.6 Å². The van der Waals surface area contributed by atoms with E-state index >= 15 is 0 Å². The Bertz CT molecular complexity index is 1890. The monoisotopic (exact) mass is 838 g/mol. The number of aliphatic carboxylic acids is 2. The molecule has 3 aliphatic rings. The number of nitrogens with one attached hydrogen (secondary N) is 2. The summed E-state index contributed by atoms with van der Waals surface area (Å²) in [5.41, 5.74) is 4.92. The van der Waals surface area contributed by atoms with Crippen molar-refractivity contribution in [3.05, 3.63) is 44.0 Å². The fourth-order valence-corrected chi connectivity index (χ4v) is 9.25. The van der Waals surface area contributed by atoms with Crippen LogP contribution < -0.4 is 16.4 Å². The van der Waals surface area contributed by atoms with Gasteiger partial charge in [-0.15, -0.1) is 11.8 Å². The Morgan fingerprint density at radius 2 is 1.89 bits per heavy atom. The average Bonchev–Trinajstić information content (AvgIpc) is 3.44. The number of carbonyl (C=O) groups excluding carboxylic acids is 3. The molecule has 2 aliphatic heterocycles. The standard InChI is InChI=1S/C30H30Cl2F2N6O10S3/c31-15-13(1-2-14(41)20(15)42)23(43)36-7-8-51-9-12-10-52-26-18(25(45)40(26)19(12)27(46)47)37-24(44)17(16-22(32)53-29(35)38-16)39-50-21(28(48)49)11-3-5-30(33,34)6-4-11/h1-2,11,18,21,26,41-42H,3-10H2,(H2,35,38)(H,36,43)(H,37,44)(H,46,47)(H,48,49)/b39-17-/t18-,21?,26-/m1/s1. The Hall–Kier alpha value is -4.05. The maximum atomic E-state index is 13.7. The smallest absolute Gasteiger partial charge is 0.352 e. The highest BCUT2D eigenvalue weighted by Gasteiger charge is 2.54. The summed E-state index contributed by atoms with van der Waals surface area (Å²) < 4.78 is 27.3. The van der Waals surface area contributed by atoms with E-state index in [0.717, 1.165) is 22.3 Å². The summed E-state index contributed by atoms with van der Waals surface area (Å²) in [6.07, 6.45) is -3.13. The van der Waals surface area contributed by atoms with Gasteiger partial charge in [0.05, 0.1) is 10.6 Å². The van der Waals surface area contributed by atoms with Crippen molar-refractivity contribution in [3.63, 3.8) is 0 Å². The number of hydrogen-bond donors (Lipinski definition) is 7. The van der Waals surface area contributed by atoms with Gasteiger partial charge in [-0.25, -0.2) is 23.4 Å². The van der Waals surface area contributed by atoms with E-state index in [1.165, 1.54) is 29.6 Å². The number of nitrogen functional groups attached to an aromatic ring is 1. The molecule has 23 heteroatoms. The molecule has 0 bridgehead atoms. The van der Waals surface area contributed by atoms with Crippen molar-refractivity contribution in [3.8, 4) is 11.5 Å². The van der Waals surface area contributed by atoms with Crippen LogP contribution in [0.1, 0.15) is 41.7 Å². The van der Waals surface area contributed by atoms with E-state index in [0.29, 0.717) is 11.3 Å². The van der Waals surface area contributed by atoms with Crippen LogP contribution in [0.5, 0.6) is 11.5 Å². The lowest BCUT2D eigenvalue weighted by Crippen LogP contribution is -2.71. The number of halogens is 4. The Morgan fingerprint density at radius 1 is 1.19 bits per heavy atom. The second-order valence-electron chi connectivity index (χ2n) is 11.9. The number of aromatic hydroxyl groups is 2. The van der Waals surface area contributed by atoms with Crippen molar-refractivity contribution in [2.24, 2.45) is 11.1 Å². The highest BCUT2D eigenvalue weighted by Crippen LogP contribution is 2.42. The molecule has 1 unspecified atom stereocenters. The molecular weight excluding hydrogens is 809 g/mol. The van der Waals surface area contributed by atoms with Crippen molar-refractivity contribution in [1.29, 1.82) is 0 Å². The zero-order valence-electron chi connectivity index (χ0n) is 27.0. The molecule has 3 amide bonds. The van der Waals surface area contributed by atoms with Gasteiger partial charge >= 0.3 is 11.9 Å². The molecule has 1 saturated carbocycles. The predicted octanol–water partition coefficient (Wildman–Crippen LogP) is 3.34. The molecule has 0 radical (unpaired) electrons. The number of alkyl halides is 2. The van der Waals surface area contributed by atoms with Gasteiger partial charge in [-0.1, -0.05) is 39.7 Å². The molecule has 3 atom stereocenters. The van der Waals surface area contributed by atoms with Crippen LogP contribution >= 0.6 is 58.1 Å². The molecule has 1 aliphatic carbocycles. The zero-order valence-corrected chi connectivity index (χ0v) is 31.0. The minimum Gasteiger partial charge on any atom is -0.504 e. The van der Waals surface area contributed by atoms with Crippen LogP contribution in [0, 0.1) is 5.92 Å². The predicted molar refractivity (Wildman–Crippen MR) is 192 cm³/mol. The highest BCUT2D eigenvalue weighted by atomic mass is 35.5. The maximum Gasteiger partial charge on any atom is 0.352 e. The van der Waals surface area contributed by atoms with Crippen LogP contribution in [0.15, 0.2) is 28.6 Å². The number of carboxylic acid groups (broad SMARTS) is 2. The van der Waals surface area contributed by atoms with E-state index in [2.05, 4.69) is 20.8 Å². The van der Waals surface area contributed by atoms with E-state index in [-0.39, 0.29) is 62.3 Å². The van der Waals surface area contributed by atoms with Gasteiger partial charge in [0.1, 0.15) is 27.1 Å². The Balaban J connectivity index is 1.23. The average molecular weight is 840 g/mol. The summed E-state index contributed by atoms with van der Waals surface area (Å²) in [6.45, 7) is 0.135. The summed E-state index contributed by atoms with van der Waals surface area (Å²) in [7, 11) is 0. The molecule has 16 nitrogen and oxygen atoms in total. The summed E-state index contributed by atoms with van der Waals surface area (Å²) in [6, 6.07) is 1.11. The number of anilines is 1. The number of amides is 3. The number of thioether (sulfide) groups is 2. The summed E-state index contributed by atoms with van der Waals surface area (Å²) in [5, 5.41) is 46.6. The molecule has 8 N–H and O–H groups in total. The topological polar surface area (TPSA) is 254 Å². The number of phenols is 2. The number of nitrogens with two attached hydrogens (primary N) is 1. The lowest BCUT2D eigenvalue weighted by Gasteiger charge is -2.49. The van der Waals surface area contributed by atoms with E-state index in [4.69, 9.17) is 33.8 Å². The van der Waals surface area contributed by atoms with Gasteiger partial charge in [-0.05, 0) is 30.5 Å². The quantitative estimate of drug-likeness (QED) is 0.0474. The van der Waals surface area contributed by atoms with E-state index in [1.807, 2.05) is 0 Å². The zero-order chi connectivity index (χ0) is 38.8. The molecule has 53 heavy (non-hydrogen) atoms. The molecule has 1 saturated heterocycles. The van der Waals surface area contributed by atoms with Crippen LogP contribution in [0.2, 0.25) is 9.36 Å². The fourth-order valence-electron chi connectivity index (χ4n) is 5.72. The van der Waals surface area contributed by atoms with Crippen molar-refractivity contribution in [2.75, 3.05) is 29.5 Å². The molecule has 1 aromatic carbocycles. The normalized spacial score (nSPS) is 20.6. The first-order chi connectivity index (χ1) is 25.0. The number of benzene rings is 1. The van der Waals surface area contributed by atoms with Gasteiger partial charge in [0, 0.05) is 42.6 Å². The number of oxime groups is 1. The van der Waals surface area contributed by atoms with Crippen LogP contribution in [-0.2, 0) is 24.0 Å². The fraction of sp³-hybridized carbons (Fsp3) is 0.433. The van der Waals surface area contributed by atoms with E-state index < -0.39 is 89.1 Å². The number of rotatable bonds is 14. The minimum absolute atomic E-state index is 0.0566. The van der Waals surface area contributed by atoms with Crippen LogP contribution in [0.4, 0.5) is 13.9 Å². The molecule has 2 aromatic rings. The molecule has 1 aromatic heterocycles. The number of carboxylic acids is 2. The molecule has 2 fully saturated rings. The Morgan fingerprint density at radius 3 is 2.51 bits per heavy atom. The number of aromatic nitrogens is 1. The van der Waals surface area contributed by atoms with Crippen molar-refractivity contribution < 1.29 is 58.0 Å². The summed E-state index contributed by atoms with van der Waals surface area (Å²) in [4.78, 5) is 74.0. The second-order valence-corrected chi connectivity index (χ2v) is 16.1. The minimum atomic E-state index is -2.94. The largest absolute Gasteiger partial charge is 0.504 e. The maximum absolute atomic E-state index is 13.7. The number of β-lactam (4-membered cyclic amide) rings is 1. The summed E-state index contributed by atoms with van der Waals surface area (Å²) in [5.74, 6) is -9.52. The first-order valence-corrected chi connectivity index (χ1v) is 19.3. The van der Waals surface area contributed by atoms with Gasteiger partial charge in [0.2, 0.25) is 12.0 Å². The number of nitrogens with zero attached hydrogens (tertiary/aromatic N) is 3. The van der Waals surface area contributed by atoms with Gasteiger partial charge in [0.25, 0.3) is 17.7 Å². The first kappa shape index (κ1) is 40.1. The van der Waals surface area contributed by atoms with Crippen LogP contribution in [0.3, 0.4) is 0 Å². The highest BCUT2D eigenvalue weighted by molar-refractivity contribution is 8.01. The van der Waals surface area contributed by atoms with Gasteiger partial charge in [0.15, 0.2) is 22.3 Å². The molecule has 286 valence electrons. The number of thiazole rings is 1. The molecule has 0 spiro atoms. The molecule has 5 rings (SSSR count). The van der Waals surface area contributed by atoms with Gasteiger partial charge in [-0.3, -0.25) is 19.3 Å². The lowest BCUT2D eigenvalue weighted by molar-refractivity contribution is -0.158. The van der Waals surface area contributed by atoms with E-state index in [1.54, 1.807) is 0 Å². The van der Waals surface area contributed by atoms with E-state index in [9.17, 15) is 53.2 Å². The van der Waals surface area contributed by atoms with Gasteiger partial charge in [-0.2, -0.15) is 11.8 Å². The number of phenolic OH excluding ortho intramolecular Hbond substituents is 2. The molecule has 3 heterocycles. The van der Waals surface area contributed by atoms with Crippen molar-refractivity contribution in [1.82, 2.24) is 20.5 Å². The molecular formula is C30H30Cl2F2N6O10S3. The third-order valence-corrected chi connectivity index (χ3v) is 12.3. The lowest BCUT2D eigenvalue weighted by atomic mass is 9.83. The number of hydrogen-bond acceptors (Lipinski definition) is 14. The Kier molecular flexibility index (Phi) is 12.5.